The highest BCUT2D eigenvalue weighted by Crippen LogP contribution is 2.16. The van der Waals surface area contributed by atoms with Crippen LogP contribution in [0.1, 0.15) is 38.2 Å². The molecule has 0 aromatic heterocycles. The molecule has 1 unspecified atom stereocenters. The largest absolute Gasteiger partial charge is 0.481 e. The van der Waals surface area contributed by atoms with Gasteiger partial charge in [-0.05, 0) is 44.4 Å². The Bertz CT molecular complexity index is 423. The summed E-state index contributed by atoms with van der Waals surface area (Å²) in [6.07, 6.45) is 4.29. The number of likely N-dealkylation sites (tertiary alicyclic amines) is 1. The predicted octanol–water partition coefficient (Wildman–Crippen LogP) is 3.16. The molecule has 1 aliphatic heterocycles. The van der Waals surface area contributed by atoms with E-state index in [1.807, 2.05) is 43.0 Å². The number of carbonyl (C=O) groups is 1. The van der Waals surface area contributed by atoms with Gasteiger partial charge in [0, 0.05) is 13.1 Å². The zero-order valence-electron chi connectivity index (χ0n) is 11.9. The molecule has 1 saturated heterocycles. The van der Waals surface area contributed by atoms with Gasteiger partial charge in [-0.1, -0.05) is 25.0 Å². The van der Waals surface area contributed by atoms with Crippen molar-refractivity contribution in [3.63, 3.8) is 0 Å². The molecule has 1 aromatic rings. The number of hydrogen-bond donors (Lipinski definition) is 0. The molecule has 3 heteroatoms. The fourth-order valence-electron chi connectivity index (χ4n) is 2.49. The quantitative estimate of drug-likeness (QED) is 0.836. The fourth-order valence-corrected chi connectivity index (χ4v) is 2.49. The zero-order chi connectivity index (χ0) is 13.7. The summed E-state index contributed by atoms with van der Waals surface area (Å²) in [6, 6.07) is 7.84. The Morgan fingerprint density at radius 2 is 1.89 bits per heavy atom. The van der Waals surface area contributed by atoms with E-state index in [0.29, 0.717) is 0 Å². The summed E-state index contributed by atoms with van der Waals surface area (Å²) in [5.41, 5.74) is 1.15. The van der Waals surface area contributed by atoms with Gasteiger partial charge in [0.2, 0.25) is 0 Å². The molecule has 0 bridgehead atoms. The number of benzene rings is 1. The third kappa shape index (κ3) is 3.98. The lowest BCUT2D eigenvalue weighted by molar-refractivity contribution is -0.137. The zero-order valence-corrected chi connectivity index (χ0v) is 11.9. The molecule has 0 aliphatic carbocycles. The van der Waals surface area contributed by atoms with Gasteiger partial charge in [-0.15, -0.1) is 0 Å². The van der Waals surface area contributed by atoms with Crippen molar-refractivity contribution >= 4 is 5.91 Å². The normalized spacial score (nSPS) is 17.7. The minimum atomic E-state index is -0.403. The molecular formula is C16H23NO2. The van der Waals surface area contributed by atoms with Crippen LogP contribution in [0.15, 0.2) is 24.3 Å². The maximum absolute atomic E-state index is 12.3. The van der Waals surface area contributed by atoms with E-state index in [9.17, 15) is 4.79 Å². The van der Waals surface area contributed by atoms with Crippen LogP contribution in [0.25, 0.3) is 0 Å². The van der Waals surface area contributed by atoms with Gasteiger partial charge >= 0.3 is 0 Å². The first-order valence-electron chi connectivity index (χ1n) is 7.19. The van der Waals surface area contributed by atoms with Gasteiger partial charge in [0.25, 0.3) is 5.91 Å². The van der Waals surface area contributed by atoms with Gasteiger partial charge in [0.05, 0.1) is 0 Å². The molecule has 1 heterocycles. The molecule has 19 heavy (non-hydrogen) atoms. The Morgan fingerprint density at radius 3 is 2.53 bits per heavy atom. The minimum Gasteiger partial charge on any atom is -0.481 e. The SMILES string of the molecule is Cc1cccc(OC(C)C(=O)N2CCCCCC2)c1. The first-order chi connectivity index (χ1) is 9.16. The van der Waals surface area contributed by atoms with Crippen molar-refractivity contribution in [2.75, 3.05) is 13.1 Å². The number of hydrogen-bond acceptors (Lipinski definition) is 2. The number of amides is 1. The van der Waals surface area contributed by atoms with Gasteiger partial charge in [-0.25, -0.2) is 0 Å². The summed E-state index contributed by atoms with van der Waals surface area (Å²) in [6.45, 7) is 5.62. The first kappa shape index (κ1) is 13.9. The lowest BCUT2D eigenvalue weighted by Gasteiger charge is -2.24. The van der Waals surface area contributed by atoms with Crippen LogP contribution in [0.2, 0.25) is 0 Å². The highest BCUT2D eigenvalue weighted by atomic mass is 16.5. The molecule has 1 fully saturated rings. The van der Waals surface area contributed by atoms with Crippen LogP contribution in [0.3, 0.4) is 0 Å². The molecular weight excluding hydrogens is 238 g/mol. The Kier molecular flexibility index (Phi) is 4.83. The van der Waals surface area contributed by atoms with E-state index in [4.69, 9.17) is 4.74 Å². The number of rotatable bonds is 3. The van der Waals surface area contributed by atoms with E-state index < -0.39 is 6.10 Å². The van der Waals surface area contributed by atoms with Gasteiger partial charge in [0.15, 0.2) is 6.10 Å². The molecule has 1 atom stereocenters. The summed E-state index contributed by atoms with van der Waals surface area (Å²) in [4.78, 5) is 14.3. The van der Waals surface area contributed by atoms with Gasteiger partial charge in [-0.3, -0.25) is 4.79 Å². The number of aryl methyl sites for hydroxylation is 1. The lowest BCUT2D eigenvalue weighted by atomic mass is 10.2. The Labute approximate surface area is 115 Å². The van der Waals surface area contributed by atoms with Crippen LogP contribution in [0.4, 0.5) is 0 Å². The van der Waals surface area contributed by atoms with Crippen molar-refractivity contribution < 1.29 is 9.53 Å². The summed E-state index contributed by atoms with van der Waals surface area (Å²) in [5.74, 6) is 0.888. The summed E-state index contributed by atoms with van der Waals surface area (Å²) >= 11 is 0. The third-order valence-electron chi connectivity index (χ3n) is 3.57. The second-order valence-corrected chi connectivity index (χ2v) is 5.32. The second-order valence-electron chi connectivity index (χ2n) is 5.32. The topological polar surface area (TPSA) is 29.5 Å². The summed E-state index contributed by atoms with van der Waals surface area (Å²) in [5, 5.41) is 0. The van der Waals surface area contributed by atoms with Crippen molar-refractivity contribution in [3.05, 3.63) is 29.8 Å². The van der Waals surface area contributed by atoms with Crippen LogP contribution in [0, 0.1) is 6.92 Å². The third-order valence-corrected chi connectivity index (χ3v) is 3.57. The standard InChI is InChI=1S/C16H23NO2/c1-13-8-7-9-15(12-13)19-14(2)16(18)17-10-5-3-4-6-11-17/h7-9,12,14H,3-6,10-11H2,1-2H3. The van der Waals surface area contributed by atoms with Crippen LogP contribution >= 0.6 is 0 Å². The van der Waals surface area contributed by atoms with Crippen molar-refractivity contribution in [3.8, 4) is 5.75 Å². The Morgan fingerprint density at radius 1 is 1.21 bits per heavy atom. The molecule has 104 valence electrons. The average molecular weight is 261 g/mol. The number of carbonyl (C=O) groups excluding carboxylic acids is 1. The Balaban J connectivity index is 1.94. The lowest BCUT2D eigenvalue weighted by Crippen LogP contribution is -2.40. The van der Waals surface area contributed by atoms with Gasteiger partial charge < -0.3 is 9.64 Å². The summed E-state index contributed by atoms with van der Waals surface area (Å²) in [7, 11) is 0. The predicted molar refractivity (Wildman–Crippen MR) is 76.3 cm³/mol. The first-order valence-corrected chi connectivity index (χ1v) is 7.19. The minimum absolute atomic E-state index is 0.114. The van der Waals surface area contributed by atoms with Crippen LogP contribution in [0.5, 0.6) is 5.75 Å². The molecule has 3 nitrogen and oxygen atoms in total. The van der Waals surface area contributed by atoms with E-state index in [-0.39, 0.29) is 5.91 Å². The molecule has 1 aromatic carbocycles. The fraction of sp³-hybridized carbons (Fsp3) is 0.562. The van der Waals surface area contributed by atoms with Crippen LogP contribution in [-0.2, 0) is 4.79 Å². The van der Waals surface area contributed by atoms with Crippen molar-refractivity contribution in [2.24, 2.45) is 0 Å². The van der Waals surface area contributed by atoms with E-state index >= 15 is 0 Å². The highest BCUT2D eigenvalue weighted by molar-refractivity contribution is 5.80. The monoisotopic (exact) mass is 261 g/mol. The summed E-state index contributed by atoms with van der Waals surface area (Å²) < 4.78 is 5.76. The molecule has 0 spiro atoms. The molecule has 1 amide bonds. The van der Waals surface area contributed by atoms with Gasteiger partial charge in [-0.2, -0.15) is 0 Å². The maximum Gasteiger partial charge on any atom is 0.263 e. The van der Waals surface area contributed by atoms with Gasteiger partial charge in [0.1, 0.15) is 5.75 Å². The van der Waals surface area contributed by atoms with E-state index in [1.165, 1.54) is 12.8 Å². The van der Waals surface area contributed by atoms with Crippen LogP contribution in [-0.4, -0.2) is 30.0 Å². The van der Waals surface area contributed by atoms with E-state index in [1.54, 1.807) is 0 Å². The van der Waals surface area contributed by atoms with Crippen molar-refractivity contribution in [1.82, 2.24) is 4.90 Å². The molecule has 0 N–H and O–H groups in total. The van der Waals surface area contributed by atoms with Crippen molar-refractivity contribution in [2.45, 2.75) is 45.6 Å². The number of ether oxygens (including phenoxy) is 1. The van der Waals surface area contributed by atoms with E-state index in [0.717, 1.165) is 37.2 Å². The highest BCUT2D eigenvalue weighted by Gasteiger charge is 2.22. The molecule has 0 radical (unpaired) electrons. The molecule has 0 saturated carbocycles. The smallest absolute Gasteiger partial charge is 0.263 e. The number of nitrogens with zero attached hydrogens (tertiary/aromatic N) is 1. The van der Waals surface area contributed by atoms with Crippen LogP contribution < -0.4 is 4.74 Å². The maximum atomic E-state index is 12.3. The molecule has 2 rings (SSSR count). The Hall–Kier alpha value is -1.51. The van der Waals surface area contributed by atoms with Crippen molar-refractivity contribution in [1.29, 1.82) is 0 Å². The molecule has 1 aliphatic rings. The van der Waals surface area contributed by atoms with E-state index in [2.05, 4.69) is 0 Å². The average Bonchev–Trinajstić information content (AvgIpc) is 2.66. The second kappa shape index (κ2) is 6.60.